The van der Waals surface area contributed by atoms with Crippen LogP contribution in [0.3, 0.4) is 0 Å². The summed E-state index contributed by atoms with van der Waals surface area (Å²) >= 11 is 0. The van der Waals surface area contributed by atoms with Crippen molar-refractivity contribution in [3.8, 4) is 5.75 Å². The summed E-state index contributed by atoms with van der Waals surface area (Å²) in [6.07, 6.45) is 4.56. The lowest BCUT2D eigenvalue weighted by molar-refractivity contribution is -0.120. The van der Waals surface area contributed by atoms with Crippen molar-refractivity contribution in [1.29, 1.82) is 0 Å². The van der Waals surface area contributed by atoms with Crippen LogP contribution in [-0.2, 0) is 27.7 Å². The van der Waals surface area contributed by atoms with Gasteiger partial charge in [-0.3, -0.25) is 9.10 Å². The van der Waals surface area contributed by atoms with E-state index in [2.05, 4.69) is 23.5 Å². The second kappa shape index (κ2) is 10.3. The zero-order chi connectivity index (χ0) is 24.1. The number of hydrogen-bond acceptors (Lipinski definition) is 4. The molecule has 0 saturated heterocycles. The van der Waals surface area contributed by atoms with Crippen molar-refractivity contribution >= 4 is 21.6 Å². The number of anilines is 1. The van der Waals surface area contributed by atoms with Crippen LogP contribution >= 0.6 is 0 Å². The zero-order valence-corrected chi connectivity index (χ0v) is 20.3. The van der Waals surface area contributed by atoms with Crippen LogP contribution in [0, 0.1) is 0 Å². The molecule has 0 radical (unpaired) electrons. The Labute approximate surface area is 201 Å². The predicted molar refractivity (Wildman–Crippen MR) is 134 cm³/mol. The van der Waals surface area contributed by atoms with Gasteiger partial charge in [0, 0.05) is 6.07 Å². The predicted octanol–water partition coefficient (Wildman–Crippen LogP) is 4.65. The van der Waals surface area contributed by atoms with E-state index < -0.39 is 10.0 Å². The van der Waals surface area contributed by atoms with E-state index in [1.165, 1.54) is 43.2 Å². The van der Waals surface area contributed by atoms with Crippen LogP contribution in [0.15, 0.2) is 77.7 Å². The second-order valence-corrected chi connectivity index (χ2v) is 10.4. The number of fused-ring (bicyclic) bond motifs is 1. The third-order valence-electron chi connectivity index (χ3n) is 6.21. The summed E-state index contributed by atoms with van der Waals surface area (Å²) < 4.78 is 33.4. The Hall–Kier alpha value is -3.32. The number of nitrogens with zero attached hydrogens (tertiary/aromatic N) is 1. The molecule has 1 aliphatic rings. The van der Waals surface area contributed by atoms with Gasteiger partial charge in [-0.1, -0.05) is 42.5 Å². The molecule has 0 aromatic heterocycles. The Morgan fingerprint density at radius 1 is 0.971 bits per heavy atom. The van der Waals surface area contributed by atoms with Crippen molar-refractivity contribution < 1.29 is 17.9 Å². The highest BCUT2D eigenvalue weighted by atomic mass is 32.2. The molecule has 0 heterocycles. The van der Waals surface area contributed by atoms with Crippen molar-refractivity contribution in [1.82, 2.24) is 5.32 Å². The number of amides is 1. The maximum Gasteiger partial charge on any atom is 0.264 e. The summed E-state index contributed by atoms with van der Waals surface area (Å²) in [5.74, 6) is 0.126. The fraction of sp³-hybridized carbons (Fsp3) is 0.296. The molecular formula is C27H30N2O4S. The average molecular weight is 479 g/mol. The molecule has 0 unspecified atom stereocenters. The van der Waals surface area contributed by atoms with Crippen molar-refractivity contribution in [3.05, 3.63) is 89.5 Å². The molecule has 0 saturated carbocycles. The van der Waals surface area contributed by atoms with E-state index in [9.17, 15) is 13.2 Å². The first-order valence-corrected chi connectivity index (χ1v) is 13.0. The molecular weight excluding hydrogens is 448 g/mol. The molecule has 34 heavy (non-hydrogen) atoms. The Morgan fingerprint density at radius 2 is 1.71 bits per heavy atom. The van der Waals surface area contributed by atoms with Gasteiger partial charge in [-0.15, -0.1) is 0 Å². The topological polar surface area (TPSA) is 75.7 Å². The summed E-state index contributed by atoms with van der Waals surface area (Å²) in [5, 5.41) is 2.98. The van der Waals surface area contributed by atoms with Crippen LogP contribution in [0.4, 0.5) is 5.69 Å². The molecule has 1 atom stereocenters. The molecule has 1 N–H and O–H groups in total. The van der Waals surface area contributed by atoms with Crippen LogP contribution in [-0.4, -0.2) is 28.0 Å². The average Bonchev–Trinajstić information content (AvgIpc) is 2.87. The van der Waals surface area contributed by atoms with E-state index in [1.54, 1.807) is 42.5 Å². The highest BCUT2D eigenvalue weighted by molar-refractivity contribution is 7.92. The molecule has 178 valence electrons. The lowest BCUT2D eigenvalue weighted by atomic mass is 9.89. The van der Waals surface area contributed by atoms with E-state index in [-0.39, 0.29) is 23.4 Å². The number of benzene rings is 3. The lowest BCUT2D eigenvalue weighted by Crippen LogP contribution is -2.41. The van der Waals surface area contributed by atoms with Crippen LogP contribution in [0.1, 0.15) is 42.5 Å². The first-order valence-electron chi connectivity index (χ1n) is 11.5. The smallest absolute Gasteiger partial charge is 0.264 e. The normalized spacial score (nSPS) is 14.1. The molecule has 3 aromatic rings. The summed E-state index contributed by atoms with van der Waals surface area (Å²) in [6, 6.07) is 20.9. The highest BCUT2D eigenvalue weighted by Crippen LogP contribution is 2.28. The zero-order valence-electron chi connectivity index (χ0n) is 19.5. The van der Waals surface area contributed by atoms with E-state index in [1.807, 2.05) is 6.92 Å². The molecule has 1 aliphatic carbocycles. The number of rotatable bonds is 8. The maximum atomic E-state index is 13.5. The second-order valence-electron chi connectivity index (χ2n) is 8.55. The first-order chi connectivity index (χ1) is 16.4. The van der Waals surface area contributed by atoms with Gasteiger partial charge in [0.15, 0.2) is 0 Å². The van der Waals surface area contributed by atoms with Crippen LogP contribution in [0.5, 0.6) is 5.75 Å². The maximum absolute atomic E-state index is 13.5. The number of sulfonamides is 1. The quantitative estimate of drug-likeness (QED) is 0.512. The Bertz CT molecular complexity index is 1260. The van der Waals surface area contributed by atoms with Gasteiger partial charge < -0.3 is 10.1 Å². The molecule has 1 amide bonds. The molecule has 0 fully saturated rings. The van der Waals surface area contributed by atoms with Crippen LogP contribution in [0.2, 0.25) is 0 Å². The minimum Gasteiger partial charge on any atom is -0.497 e. The summed E-state index contributed by atoms with van der Waals surface area (Å²) in [6.45, 7) is 1.57. The Morgan fingerprint density at radius 3 is 2.44 bits per heavy atom. The number of carbonyl (C=O) groups excluding carboxylic acids is 1. The molecule has 6 nitrogen and oxygen atoms in total. The largest absolute Gasteiger partial charge is 0.497 e. The van der Waals surface area contributed by atoms with Crippen LogP contribution in [0.25, 0.3) is 0 Å². The number of ether oxygens (including phenoxy) is 1. The molecule has 0 bridgehead atoms. The number of carbonyl (C=O) groups is 1. The summed E-state index contributed by atoms with van der Waals surface area (Å²) in [4.78, 5) is 13.2. The van der Waals surface area contributed by atoms with E-state index >= 15 is 0 Å². The lowest BCUT2D eigenvalue weighted by Gasteiger charge is -2.26. The molecule has 3 aromatic carbocycles. The Balaban J connectivity index is 1.58. The SMILES string of the molecule is COc1cccc(N(CC(=O)N[C@H](C)c2ccc3c(c2)CCCC3)S(=O)(=O)c2ccccc2)c1. The standard InChI is InChI=1S/C27H30N2O4S/c1-20(22-16-15-21-9-6-7-10-23(21)17-22)28-27(30)19-29(24-11-8-12-25(18-24)33-2)34(31,32)26-13-4-3-5-14-26/h3-5,8,11-18,20H,6-7,9-10,19H2,1-2H3,(H,28,30)/t20-/m1/s1. The number of aryl methyl sites for hydroxylation is 2. The van der Waals surface area contributed by atoms with Gasteiger partial charge in [0.25, 0.3) is 10.0 Å². The minimum absolute atomic E-state index is 0.119. The van der Waals surface area contributed by atoms with Gasteiger partial charge in [-0.05, 0) is 73.6 Å². The highest BCUT2D eigenvalue weighted by Gasteiger charge is 2.28. The Kier molecular flexibility index (Phi) is 7.22. The first kappa shape index (κ1) is 23.8. The van der Waals surface area contributed by atoms with Crippen LogP contribution < -0.4 is 14.4 Å². The third-order valence-corrected chi connectivity index (χ3v) is 8.00. The van der Waals surface area contributed by atoms with Gasteiger partial charge in [0.1, 0.15) is 12.3 Å². The summed E-state index contributed by atoms with van der Waals surface area (Å²) in [7, 11) is -2.45. The van der Waals surface area contributed by atoms with Crippen molar-refractivity contribution in [3.63, 3.8) is 0 Å². The minimum atomic E-state index is -3.97. The van der Waals surface area contributed by atoms with E-state index in [0.717, 1.165) is 22.7 Å². The monoisotopic (exact) mass is 478 g/mol. The van der Waals surface area contributed by atoms with Gasteiger partial charge in [-0.25, -0.2) is 8.42 Å². The fourth-order valence-corrected chi connectivity index (χ4v) is 5.76. The van der Waals surface area contributed by atoms with E-state index in [0.29, 0.717) is 11.4 Å². The van der Waals surface area contributed by atoms with Gasteiger partial charge in [0.2, 0.25) is 5.91 Å². The number of nitrogens with one attached hydrogen (secondary N) is 1. The molecule has 0 spiro atoms. The summed E-state index contributed by atoms with van der Waals surface area (Å²) in [5.41, 5.74) is 4.11. The van der Waals surface area contributed by atoms with Gasteiger partial charge in [0.05, 0.1) is 23.7 Å². The fourth-order valence-electron chi connectivity index (χ4n) is 4.32. The van der Waals surface area contributed by atoms with Gasteiger partial charge in [-0.2, -0.15) is 0 Å². The third kappa shape index (κ3) is 5.25. The van der Waals surface area contributed by atoms with Gasteiger partial charge >= 0.3 is 0 Å². The van der Waals surface area contributed by atoms with Crippen molar-refractivity contribution in [2.24, 2.45) is 0 Å². The van der Waals surface area contributed by atoms with Crippen molar-refractivity contribution in [2.75, 3.05) is 18.0 Å². The molecule has 7 heteroatoms. The van der Waals surface area contributed by atoms with E-state index in [4.69, 9.17) is 4.74 Å². The van der Waals surface area contributed by atoms with Crippen molar-refractivity contribution in [2.45, 2.75) is 43.5 Å². The number of hydrogen-bond donors (Lipinski definition) is 1. The number of methoxy groups -OCH3 is 1. The molecule has 0 aliphatic heterocycles. The molecule has 4 rings (SSSR count).